The van der Waals surface area contributed by atoms with Crippen LogP contribution in [0.15, 0.2) is 10.8 Å². The first-order chi connectivity index (χ1) is 14.8. The number of halogens is 1. The third-order valence-electron chi connectivity index (χ3n) is 4.85. The highest BCUT2D eigenvalue weighted by Crippen LogP contribution is 2.23. The van der Waals surface area contributed by atoms with E-state index in [2.05, 4.69) is 45.9 Å². The molecule has 0 fully saturated rings. The second-order valence-corrected chi connectivity index (χ2v) is 16.9. The summed E-state index contributed by atoms with van der Waals surface area (Å²) in [4.78, 5) is 28.6. The van der Waals surface area contributed by atoms with Crippen LogP contribution in [0, 0.1) is 0 Å². The van der Waals surface area contributed by atoms with E-state index in [9.17, 15) is 9.59 Å². The van der Waals surface area contributed by atoms with E-state index in [-0.39, 0.29) is 6.04 Å². The van der Waals surface area contributed by atoms with Crippen molar-refractivity contribution in [1.29, 1.82) is 0 Å². The topological polar surface area (TPSA) is 82.5 Å². The first-order valence-electron chi connectivity index (χ1n) is 11.6. The predicted molar refractivity (Wildman–Crippen MR) is 135 cm³/mol. The monoisotopic (exact) mass is 531 g/mol. The molecule has 1 amide bonds. The van der Waals surface area contributed by atoms with Crippen LogP contribution in [0.3, 0.4) is 0 Å². The fourth-order valence-electron chi connectivity index (χ4n) is 3.06. The van der Waals surface area contributed by atoms with Gasteiger partial charge < -0.3 is 19.4 Å². The number of carbonyl (C=O) groups is 2. The summed E-state index contributed by atoms with van der Waals surface area (Å²) >= 11 is 3.46. The maximum absolute atomic E-state index is 12.5. The van der Waals surface area contributed by atoms with Gasteiger partial charge in [-0.2, -0.15) is 0 Å². The Morgan fingerprint density at radius 2 is 1.91 bits per heavy atom. The number of amides is 1. The van der Waals surface area contributed by atoms with Crippen molar-refractivity contribution in [2.75, 3.05) is 6.61 Å². The summed E-state index contributed by atoms with van der Waals surface area (Å²) < 4.78 is 14.0. The standard InChI is InChI=1S/C23H42BrN3O4Si/c1-8-18(28)12-10-9-11-13-19(25-22(29)31-23(2,3)4)21-26-20(24)16-27(21)17-30-14-15-32(5,6)7/h16,19H,8-15,17H2,1-7H3,(H,25,29)/t19-/m0/s1. The minimum atomic E-state index is -1.16. The van der Waals surface area contributed by atoms with Crippen molar-refractivity contribution >= 4 is 35.9 Å². The van der Waals surface area contributed by atoms with Crippen LogP contribution in [0.5, 0.6) is 0 Å². The number of rotatable bonds is 14. The second-order valence-electron chi connectivity index (χ2n) is 10.4. The molecule has 0 aliphatic carbocycles. The van der Waals surface area contributed by atoms with Crippen LogP contribution < -0.4 is 5.32 Å². The van der Waals surface area contributed by atoms with Gasteiger partial charge in [0.15, 0.2) is 0 Å². The summed E-state index contributed by atoms with van der Waals surface area (Å²) in [6.07, 6.45) is 5.99. The van der Waals surface area contributed by atoms with E-state index in [1.54, 1.807) is 0 Å². The molecule has 0 bridgehead atoms. The molecule has 0 aliphatic rings. The average molecular weight is 533 g/mol. The van der Waals surface area contributed by atoms with Crippen LogP contribution in [-0.4, -0.2) is 41.7 Å². The van der Waals surface area contributed by atoms with E-state index in [0.29, 0.717) is 43.0 Å². The molecular formula is C23H42BrN3O4Si. The lowest BCUT2D eigenvalue weighted by molar-refractivity contribution is -0.118. The van der Waals surface area contributed by atoms with E-state index in [0.717, 1.165) is 31.1 Å². The number of nitrogens with one attached hydrogen (secondary N) is 1. The SMILES string of the molecule is CCC(=O)CCCCC[C@H](NC(=O)OC(C)(C)C)c1nc(Br)cn1COCC[Si](C)(C)C. The first-order valence-corrected chi connectivity index (χ1v) is 16.1. The lowest BCUT2D eigenvalue weighted by Gasteiger charge is -2.24. The minimum absolute atomic E-state index is 0.295. The number of imidazole rings is 1. The fourth-order valence-corrected chi connectivity index (χ4v) is 4.25. The number of ether oxygens (including phenoxy) is 2. The number of carbonyl (C=O) groups excluding carboxylic acids is 2. The van der Waals surface area contributed by atoms with Gasteiger partial charge in [-0.15, -0.1) is 0 Å². The molecule has 0 saturated heterocycles. The maximum Gasteiger partial charge on any atom is 0.408 e. The molecule has 0 aliphatic heterocycles. The zero-order chi connectivity index (χ0) is 24.4. The Morgan fingerprint density at radius 3 is 2.50 bits per heavy atom. The van der Waals surface area contributed by atoms with E-state index in [1.807, 2.05) is 38.5 Å². The van der Waals surface area contributed by atoms with Gasteiger partial charge in [0.1, 0.15) is 28.5 Å². The highest BCUT2D eigenvalue weighted by molar-refractivity contribution is 9.10. The zero-order valence-electron chi connectivity index (χ0n) is 20.9. The van der Waals surface area contributed by atoms with Crippen LogP contribution in [0.1, 0.15) is 78.1 Å². The van der Waals surface area contributed by atoms with Gasteiger partial charge in [-0.3, -0.25) is 4.79 Å². The molecule has 9 heteroatoms. The van der Waals surface area contributed by atoms with E-state index in [1.165, 1.54) is 0 Å². The molecule has 1 heterocycles. The average Bonchev–Trinajstić information content (AvgIpc) is 3.02. The number of hydrogen-bond donors (Lipinski definition) is 1. The molecule has 32 heavy (non-hydrogen) atoms. The number of ketones is 1. The zero-order valence-corrected chi connectivity index (χ0v) is 23.5. The number of aromatic nitrogens is 2. The highest BCUT2D eigenvalue weighted by Gasteiger charge is 2.24. The number of unbranched alkanes of at least 4 members (excludes halogenated alkanes) is 2. The highest BCUT2D eigenvalue weighted by atomic mass is 79.9. The Bertz CT molecular complexity index is 726. The normalized spacial score (nSPS) is 13.1. The van der Waals surface area contributed by atoms with Crippen LogP contribution in [0.25, 0.3) is 0 Å². The molecule has 0 unspecified atom stereocenters. The molecule has 0 aromatic carbocycles. The Kier molecular flexibility index (Phi) is 12.2. The fraction of sp³-hybridized carbons (Fsp3) is 0.783. The largest absolute Gasteiger partial charge is 0.444 e. The van der Waals surface area contributed by atoms with E-state index >= 15 is 0 Å². The lowest BCUT2D eigenvalue weighted by Crippen LogP contribution is -2.36. The molecule has 1 rings (SSSR count). The van der Waals surface area contributed by atoms with Gasteiger partial charge in [-0.05, 0) is 55.6 Å². The van der Waals surface area contributed by atoms with Crippen LogP contribution >= 0.6 is 15.9 Å². The van der Waals surface area contributed by atoms with E-state index in [4.69, 9.17) is 9.47 Å². The smallest absolute Gasteiger partial charge is 0.408 e. The Hall–Kier alpha value is -1.19. The molecule has 1 aromatic rings. The van der Waals surface area contributed by atoms with Gasteiger partial charge in [-0.1, -0.05) is 39.4 Å². The molecule has 0 spiro atoms. The Morgan fingerprint density at radius 1 is 1.22 bits per heavy atom. The van der Waals surface area contributed by atoms with Crippen molar-refractivity contribution in [3.63, 3.8) is 0 Å². The molecule has 0 saturated carbocycles. The minimum Gasteiger partial charge on any atom is -0.444 e. The van der Waals surface area contributed by atoms with Gasteiger partial charge in [0, 0.05) is 33.7 Å². The number of hydrogen-bond acceptors (Lipinski definition) is 5. The molecule has 7 nitrogen and oxygen atoms in total. The quantitative estimate of drug-likeness (QED) is 0.220. The van der Waals surface area contributed by atoms with Crippen LogP contribution in [0.4, 0.5) is 4.79 Å². The summed E-state index contributed by atoms with van der Waals surface area (Å²) in [5.41, 5.74) is -0.578. The number of alkyl carbamates (subject to hydrolysis) is 1. The Labute approximate surface area is 203 Å². The molecule has 0 radical (unpaired) electrons. The number of nitrogens with zero attached hydrogens (tertiary/aromatic N) is 2. The Balaban J connectivity index is 2.83. The molecule has 1 atom stereocenters. The summed E-state index contributed by atoms with van der Waals surface area (Å²) in [5, 5.41) is 2.99. The molecule has 1 N–H and O–H groups in total. The number of Topliss-reactive ketones (excluding diaryl/α,β-unsaturated/α-hetero) is 1. The van der Waals surface area contributed by atoms with Crippen molar-refractivity contribution in [1.82, 2.24) is 14.9 Å². The second kappa shape index (κ2) is 13.5. The van der Waals surface area contributed by atoms with Gasteiger partial charge in [-0.25, -0.2) is 9.78 Å². The van der Waals surface area contributed by atoms with Crippen LogP contribution in [-0.2, 0) is 21.0 Å². The van der Waals surface area contributed by atoms with Gasteiger partial charge in [0.05, 0.1) is 6.04 Å². The third-order valence-corrected chi connectivity index (χ3v) is 6.94. The molecule has 184 valence electrons. The summed E-state index contributed by atoms with van der Waals surface area (Å²) in [6, 6.07) is 0.785. The van der Waals surface area contributed by atoms with Crippen molar-refractivity contribution in [2.24, 2.45) is 0 Å². The van der Waals surface area contributed by atoms with Gasteiger partial charge >= 0.3 is 6.09 Å². The maximum atomic E-state index is 12.5. The first kappa shape index (κ1) is 28.8. The lowest BCUT2D eigenvalue weighted by atomic mass is 10.0. The molecular weight excluding hydrogens is 490 g/mol. The van der Waals surface area contributed by atoms with Crippen molar-refractivity contribution < 1.29 is 19.1 Å². The van der Waals surface area contributed by atoms with Crippen molar-refractivity contribution in [3.05, 3.63) is 16.6 Å². The van der Waals surface area contributed by atoms with Gasteiger partial charge in [0.2, 0.25) is 0 Å². The third kappa shape index (κ3) is 12.7. The molecule has 1 aromatic heterocycles. The van der Waals surface area contributed by atoms with Crippen molar-refractivity contribution in [2.45, 2.75) is 110 Å². The predicted octanol–water partition coefficient (Wildman–Crippen LogP) is 6.45. The van der Waals surface area contributed by atoms with Gasteiger partial charge in [0.25, 0.3) is 0 Å². The summed E-state index contributed by atoms with van der Waals surface area (Å²) in [7, 11) is -1.16. The summed E-state index contributed by atoms with van der Waals surface area (Å²) in [6.45, 7) is 15.5. The van der Waals surface area contributed by atoms with E-state index < -0.39 is 19.8 Å². The summed E-state index contributed by atoms with van der Waals surface area (Å²) in [5.74, 6) is 1.03. The van der Waals surface area contributed by atoms with Crippen molar-refractivity contribution in [3.8, 4) is 0 Å². The van der Waals surface area contributed by atoms with Crippen LogP contribution in [0.2, 0.25) is 25.7 Å².